The van der Waals surface area contributed by atoms with Crippen LogP contribution in [0.3, 0.4) is 0 Å². The number of rotatable bonds is 1. The quantitative estimate of drug-likeness (QED) is 0.540. The Bertz CT molecular complexity index is 128. The molecule has 0 aromatic rings. The summed E-state index contributed by atoms with van der Waals surface area (Å²) in [5.41, 5.74) is -0.117. The highest BCUT2D eigenvalue weighted by atomic mass is 35.5. The van der Waals surface area contributed by atoms with Crippen LogP contribution in [0, 0.1) is 0 Å². The lowest BCUT2D eigenvalue weighted by Gasteiger charge is -2.02. The number of ether oxygens (including phenoxy) is 1. The normalized spacial score (nSPS) is 43.6. The van der Waals surface area contributed by atoms with Crippen LogP contribution in [0.15, 0.2) is 0 Å². The second kappa shape index (κ2) is 2.99. The Balaban J connectivity index is 2.44. The van der Waals surface area contributed by atoms with Gasteiger partial charge in [-0.25, -0.2) is 0 Å². The predicted octanol–water partition coefficient (Wildman–Crippen LogP) is 0.719. The molecule has 1 heterocycles. The molecular formula is C5H9ClO2S. The van der Waals surface area contributed by atoms with Crippen LogP contribution in [0.25, 0.3) is 0 Å². The van der Waals surface area contributed by atoms with E-state index < -0.39 is 10.8 Å². The average Bonchev–Trinajstić information content (AvgIpc) is 2.13. The first-order chi connectivity index (χ1) is 4.24. The van der Waals surface area contributed by atoms with Crippen molar-refractivity contribution in [1.29, 1.82) is 0 Å². The topological polar surface area (TPSA) is 26.3 Å². The molecule has 0 unspecified atom stereocenters. The van der Waals surface area contributed by atoms with Crippen LogP contribution in [0.1, 0.15) is 6.92 Å². The third kappa shape index (κ3) is 1.66. The molecule has 3 atom stereocenters. The van der Waals surface area contributed by atoms with Crippen molar-refractivity contribution in [2.75, 3.05) is 11.6 Å². The lowest BCUT2D eigenvalue weighted by Crippen LogP contribution is -2.11. The summed E-state index contributed by atoms with van der Waals surface area (Å²) in [5, 5.41) is 0. The molecule has 1 rings (SSSR count). The van der Waals surface area contributed by atoms with Crippen LogP contribution in [-0.2, 0) is 15.5 Å². The molecule has 1 aliphatic rings. The van der Waals surface area contributed by atoms with E-state index in [1.165, 1.54) is 0 Å². The van der Waals surface area contributed by atoms with Gasteiger partial charge in [-0.15, -0.1) is 11.6 Å². The average molecular weight is 169 g/mol. The van der Waals surface area contributed by atoms with Gasteiger partial charge in [0.1, 0.15) is 5.44 Å². The third-order valence-electron chi connectivity index (χ3n) is 1.28. The molecule has 0 spiro atoms. The summed E-state index contributed by atoms with van der Waals surface area (Å²) in [6.45, 7) is 1.81. The summed E-state index contributed by atoms with van der Waals surface area (Å²) in [6, 6.07) is 0. The van der Waals surface area contributed by atoms with Gasteiger partial charge in [0.15, 0.2) is 0 Å². The molecule has 0 aromatic carbocycles. The van der Waals surface area contributed by atoms with E-state index in [1.54, 1.807) is 0 Å². The van der Waals surface area contributed by atoms with Crippen molar-refractivity contribution in [1.82, 2.24) is 0 Å². The molecule has 54 valence electrons. The van der Waals surface area contributed by atoms with Gasteiger partial charge in [0.05, 0.1) is 22.7 Å². The van der Waals surface area contributed by atoms with Crippen molar-refractivity contribution in [3.05, 3.63) is 0 Å². The predicted molar refractivity (Wildman–Crippen MR) is 38.1 cm³/mol. The Morgan fingerprint density at radius 2 is 2.56 bits per heavy atom. The van der Waals surface area contributed by atoms with E-state index in [9.17, 15) is 4.21 Å². The maximum atomic E-state index is 10.9. The summed E-state index contributed by atoms with van der Waals surface area (Å²) in [7, 11) is -0.804. The van der Waals surface area contributed by atoms with Gasteiger partial charge in [0, 0.05) is 5.88 Å². The first-order valence-electron chi connectivity index (χ1n) is 2.82. The van der Waals surface area contributed by atoms with Gasteiger partial charge in [-0.05, 0) is 6.92 Å². The number of halogens is 1. The first-order valence-corrected chi connectivity index (χ1v) is 4.74. The number of hydrogen-bond donors (Lipinski definition) is 0. The van der Waals surface area contributed by atoms with E-state index in [4.69, 9.17) is 16.3 Å². The van der Waals surface area contributed by atoms with Crippen LogP contribution in [0.2, 0.25) is 0 Å². The van der Waals surface area contributed by atoms with E-state index in [0.717, 1.165) is 0 Å². The molecule has 1 fully saturated rings. The molecule has 1 saturated heterocycles. The van der Waals surface area contributed by atoms with Crippen molar-refractivity contribution in [3.63, 3.8) is 0 Å². The van der Waals surface area contributed by atoms with E-state index >= 15 is 0 Å². The highest BCUT2D eigenvalue weighted by Gasteiger charge is 2.27. The molecule has 0 bridgehead atoms. The van der Waals surface area contributed by atoms with Crippen LogP contribution in [0.5, 0.6) is 0 Å². The zero-order valence-corrected chi connectivity index (χ0v) is 6.74. The van der Waals surface area contributed by atoms with Gasteiger partial charge >= 0.3 is 0 Å². The number of alkyl halides is 1. The maximum absolute atomic E-state index is 10.9. The van der Waals surface area contributed by atoms with Gasteiger partial charge in [0.2, 0.25) is 0 Å². The molecule has 0 aromatic heterocycles. The Morgan fingerprint density at radius 1 is 1.89 bits per heavy atom. The third-order valence-corrected chi connectivity index (χ3v) is 3.17. The van der Waals surface area contributed by atoms with Crippen LogP contribution in [0.4, 0.5) is 0 Å². The molecule has 0 amide bonds. The zero-order chi connectivity index (χ0) is 6.85. The van der Waals surface area contributed by atoms with Gasteiger partial charge in [-0.2, -0.15) is 0 Å². The fourth-order valence-corrected chi connectivity index (χ4v) is 2.20. The molecule has 2 nitrogen and oxygen atoms in total. The maximum Gasteiger partial charge on any atom is 0.130 e. The molecule has 1 aliphatic heterocycles. The monoisotopic (exact) mass is 168 g/mol. The Hall–Kier alpha value is 0.400. The minimum atomic E-state index is -0.804. The molecule has 0 N–H and O–H groups in total. The molecule has 4 heteroatoms. The van der Waals surface area contributed by atoms with Gasteiger partial charge in [0.25, 0.3) is 0 Å². The van der Waals surface area contributed by atoms with E-state index in [-0.39, 0.29) is 11.5 Å². The van der Waals surface area contributed by atoms with Gasteiger partial charge < -0.3 is 4.74 Å². The second-order valence-electron chi connectivity index (χ2n) is 2.03. The zero-order valence-electron chi connectivity index (χ0n) is 5.17. The van der Waals surface area contributed by atoms with Crippen molar-refractivity contribution in [2.24, 2.45) is 0 Å². The largest absolute Gasteiger partial charge is 0.360 e. The molecule has 9 heavy (non-hydrogen) atoms. The van der Waals surface area contributed by atoms with Crippen molar-refractivity contribution >= 4 is 22.4 Å². The Morgan fingerprint density at radius 3 is 2.78 bits per heavy atom. The highest BCUT2D eigenvalue weighted by molar-refractivity contribution is 7.85. The Kier molecular flexibility index (Phi) is 2.50. The van der Waals surface area contributed by atoms with E-state index in [1.807, 2.05) is 6.92 Å². The molecule has 0 saturated carbocycles. The van der Waals surface area contributed by atoms with Crippen molar-refractivity contribution in [2.45, 2.75) is 18.5 Å². The smallest absolute Gasteiger partial charge is 0.130 e. The van der Waals surface area contributed by atoms with Gasteiger partial charge in [-0.1, -0.05) is 0 Å². The Labute approximate surface area is 62.0 Å². The van der Waals surface area contributed by atoms with Crippen molar-refractivity contribution in [3.8, 4) is 0 Å². The molecule has 0 aliphatic carbocycles. The minimum Gasteiger partial charge on any atom is -0.360 e. The summed E-state index contributed by atoms with van der Waals surface area (Å²) in [4.78, 5) is 0. The highest BCUT2D eigenvalue weighted by Crippen LogP contribution is 2.14. The lowest BCUT2D eigenvalue weighted by atomic mass is 10.5. The lowest BCUT2D eigenvalue weighted by molar-refractivity contribution is 0.0899. The first kappa shape index (κ1) is 7.51. The number of hydrogen-bond acceptors (Lipinski definition) is 2. The van der Waals surface area contributed by atoms with E-state index in [2.05, 4.69) is 0 Å². The molecular weight excluding hydrogens is 160 g/mol. The van der Waals surface area contributed by atoms with Crippen LogP contribution in [-0.4, -0.2) is 27.4 Å². The minimum absolute atomic E-state index is 0.0162. The summed E-state index contributed by atoms with van der Waals surface area (Å²) in [6.07, 6.45) is 0.0162. The standard InChI is InChI=1S/C5H9ClO2S/c1-4-8-5(2-6)3-9(4)7/h4-5H,2-3H2,1H3/t4-,5-,9-/m1/s1. The molecule has 0 radical (unpaired) electrons. The van der Waals surface area contributed by atoms with E-state index in [0.29, 0.717) is 11.6 Å². The fraction of sp³-hybridized carbons (Fsp3) is 1.00. The SMILES string of the molecule is C[C@@H]1O[C@H](CCl)C[S@]1=O. The van der Waals surface area contributed by atoms with Crippen molar-refractivity contribution < 1.29 is 8.95 Å². The van der Waals surface area contributed by atoms with Crippen LogP contribution < -0.4 is 0 Å². The fourth-order valence-electron chi connectivity index (χ4n) is 0.772. The van der Waals surface area contributed by atoms with Crippen LogP contribution >= 0.6 is 11.6 Å². The summed E-state index contributed by atoms with van der Waals surface area (Å²) in [5.74, 6) is 1.06. The summed E-state index contributed by atoms with van der Waals surface area (Å²) >= 11 is 5.48. The second-order valence-corrected chi connectivity index (χ2v) is 4.09. The van der Waals surface area contributed by atoms with Gasteiger partial charge in [-0.3, -0.25) is 4.21 Å². The summed E-state index contributed by atoms with van der Waals surface area (Å²) < 4.78 is 16.1.